The van der Waals surface area contributed by atoms with Crippen LogP contribution >= 0.6 is 0 Å². The van der Waals surface area contributed by atoms with E-state index in [-0.39, 0.29) is 17.4 Å². The molecular formula is C33H41N5O8. The second kappa shape index (κ2) is 18.8. The minimum Gasteiger partial charge on any atom is -0.477 e. The van der Waals surface area contributed by atoms with E-state index >= 15 is 0 Å². The third-order valence-electron chi connectivity index (χ3n) is 7.33. The molecular weight excluding hydrogens is 594 g/mol. The number of aromatic nitrogens is 2. The van der Waals surface area contributed by atoms with Gasteiger partial charge in [0.1, 0.15) is 11.4 Å². The Kier molecular flexibility index (Phi) is 14.2. The Morgan fingerprint density at radius 1 is 0.717 bits per heavy atom. The summed E-state index contributed by atoms with van der Waals surface area (Å²) in [5.41, 5.74) is 2.90. The van der Waals surface area contributed by atoms with Gasteiger partial charge in [0.15, 0.2) is 0 Å². The lowest BCUT2D eigenvalue weighted by molar-refractivity contribution is 0.00331. The van der Waals surface area contributed by atoms with Gasteiger partial charge in [-0.2, -0.15) is 0 Å². The largest absolute Gasteiger partial charge is 0.477 e. The predicted molar refractivity (Wildman–Crippen MR) is 170 cm³/mol. The molecule has 46 heavy (non-hydrogen) atoms. The van der Waals surface area contributed by atoms with Crippen molar-refractivity contribution in [3.63, 3.8) is 0 Å². The first-order valence-electron chi connectivity index (χ1n) is 15.2. The summed E-state index contributed by atoms with van der Waals surface area (Å²) in [6, 6.07) is 17.2. The lowest BCUT2D eigenvalue weighted by Crippen LogP contribution is -2.36. The van der Waals surface area contributed by atoms with Gasteiger partial charge in [-0.1, -0.05) is 24.3 Å². The molecule has 1 aliphatic rings. The lowest BCUT2D eigenvalue weighted by atomic mass is 10.00. The van der Waals surface area contributed by atoms with Gasteiger partial charge in [-0.25, -0.2) is 19.6 Å². The molecule has 0 bridgehead atoms. The van der Waals surface area contributed by atoms with Crippen molar-refractivity contribution >= 4 is 24.3 Å². The molecule has 0 saturated carbocycles. The molecule has 4 rings (SSSR count). The molecule has 1 unspecified atom stereocenters. The average Bonchev–Trinajstić information content (AvgIpc) is 3.06. The van der Waals surface area contributed by atoms with Gasteiger partial charge >= 0.3 is 11.9 Å². The molecule has 1 aliphatic heterocycles. The smallest absolute Gasteiger partial charge is 0.354 e. The standard InChI is InChI=1S/C33H41N5O8/c1-34-26-10-8-25(9-11-26)31(28-5-3-7-30(36-28)33(41)42)38-14-18-45-22-20-43-16-12-37(13-17-44-21-23-46-19-15-38)24-27-4-2-6-29(35-27)32(39)40/h2-11,31H,1,12-24H2,(H,39,40)(H,41,42). The maximum Gasteiger partial charge on any atom is 0.354 e. The number of hydrogen-bond acceptors (Lipinski definition) is 11. The van der Waals surface area contributed by atoms with Crippen molar-refractivity contribution in [3.8, 4) is 0 Å². The first-order valence-corrected chi connectivity index (χ1v) is 15.2. The fourth-order valence-corrected chi connectivity index (χ4v) is 5.00. The Hall–Kier alpha value is -4.11. The van der Waals surface area contributed by atoms with Crippen molar-refractivity contribution in [3.05, 3.63) is 89.0 Å². The van der Waals surface area contributed by atoms with Gasteiger partial charge in [-0.05, 0) is 48.7 Å². The third kappa shape index (κ3) is 11.1. The van der Waals surface area contributed by atoms with E-state index in [2.05, 4.69) is 31.5 Å². The normalized spacial score (nSPS) is 17.7. The molecule has 2 N–H and O–H groups in total. The summed E-state index contributed by atoms with van der Waals surface area (Å²) in [6.07, 6.45) is 0. The minimum atomic E-state index is -1.09. The number of ether oxygens (including phenoxy) is 4. The van der Waals surface area contributed by atoms with E-state index in [1.54, 1.807) is 12.1 Å². The number of pyridine rings is 2. The number of benzene rings is 1. The fraction of sp³-hybridized carbons (Fsp3) is 0.424. The summed E-state index contributed by atoms with van der Waals surface area (Å²) in [5.74, 6) is -2.15. The molecule has 13 heteroatoms. The van der Waals surface area contributed by atoms with Gasteiger partial charge in [0, 0.05) is 32.7 Å². The van der Waals surface area contributed by atoms with E-state index in [0.717, 1.165) is 11.3 Å². The van der Waals surface area contributed by atoms with E-state index < -0.39 is 11.9 Å². The summed E-state index contributed by atoms with van der Waals surface area (Å²) in [7, 11) is 0. The molecule has 1 fully saturated rings. The Bertz CT molecular complexity index is 1390. The lowest BCUT2D eigenvalue weighted by Gasteiger charge is -2.32. The van der Waals surface area contributed by atoms with Crippen LogP contribution in [0.5, 0.6) is 0 Å². The molecule has 0 amide bonds. The van der Waals surface area contributed by atoms with Crippen LogP contribution < -0.4 is 0 Å². The first-order chi connectivity index (χ1) is 22.4. The number of aliphatic imine (C=N–C) groups is 1. The highest BCUT2D eigenvalue weighted by Crippen LogP contribution is 2.29. The van der Waals surface area contributed by atoms with Crippen LogP contribution in [0.2, 0.25) is 0 Å². The molecule has 0 spiro atoms. The first kappa shape index (κ1) is 34.8. The highest BCUT2D eigenvalue weighted by Gasteiger charge is 2.25. The number of hydrogen-bond donors (Lipinski definition) is 2. The topological polar surface area (TPSA) is 156 Å². The molecule has 2 aromatic heterocycles. The highest BCUT2D eigenvalue weighted by atomic mass is 16.5. The van der Waals surface area contributed by atoms with Crippen molar-refractivity contribution in [2.45, 2.75) is 12.6 Å². The zero-order valence-corrected chi connectivity index (χ0v) is 25.8. The number of nitrogens with zero attached hydrogens (tertiary/aromatic N) is 5. The molecule has 13 nitrogen and oxygen atoms in total. The monoisotopic (exact) mass is 635 g/mol. The van der Waals surface area contributed by atoms with E-state index in [1.165, 1.54) is 12.1 Å². The van der Waals surface area contributed by atoms with Crippen LogP contribution in [-0.4, -0.2) is 128 Å². The number of carboxylic acids is 2. The van der Waals surface area contributed by atoms with Crippen LogP contribution in [0.25, 0.3) is 0 Å². The number of rotatable bonds is 8. The van der Waals surface area contributed by atoms with Gasteiger partial charge in [0.25, 0.3) is 0 Å². The second-order valence-electron chi connectivity index (χ2n) is 10.5. The van der Waals surface area contributed by atoms with Crippen molar-refractivity contribution < 1.29 is 38.7 Å². The van der Waals surface area contributed by atoms with Crippen LogP contribution in [0.3, 0.4) is 0 Å². The van der Waals surface area contributed by atoms with Gasteiger partial charge < -0.3 is 29.2 Å². The van der Waals surface area contributed by atoms with Crippen LogP contribution in [0.4, 0.5) is 5.69 Å². The maximum absolute atomic E-state index is 11.7. The molecule has 3 heterocycles. The van der Waals surface area contributed by atoms with E-state index in [9.17, 15) is 19.8 Å². The number of carboxylic acid groups (broad SMARTS) is 2. The zero-order chi connectivity index (χ0) is 32.6. The molecule has 246 valence electrons. The molecule has 0 aliphatic carbocycles. The highest BCUT2D eigenvalue weighted by molar-refractivity contribution is 5.85. The van der Waals surface area contributed by atoms with Gasteiger partial charge in [-0.3, -0.25) is 14.8 Å². The average molecular weight is 636 g/mol. The summed E-state index contributed by atoms with van der Waals surface area (Å²) < 4.78 is 23.6. The summed E-state index contributed by atoms with van der Waals surface area (Å²) in [6.45, 7) is 9.67. The molecule has 1 atom stereocenters. The van der Waals surface area contributed by atoms with Gasteiger partial charge in [0.2, 0.25) is 0 Å². The van der Waals surface area contributed by atoms with E-state index in [1.807, 2.05) is 36.4 Å². The van der Waals surface area contributed by atoms with Crippen molar-refractivity contribution in [1.29, 1.82) is 0 Å². The van der Waals surface area contributed by atoms with Crippen molar-refractivity contribution in [2.24, 2.45) is 4.99 Å². The molecule has 1 saturated heterocycles. The van der Waals surface area contributed by atoms with Crippen LogP contribution in [0, 0.1) is 0 Å². The summed E-state index contributed by atoms with van der Waals surface area (Å²) in [4.78, 5) is 40.1. The Labute approximate surface area is 268 Å². The summed E-state index contributed by atoms with van der Waals surface area (Å²) in [5, 5.41) is 18.9. The van der Waals surface area contributed by atoms with Crippen molar-refractivity contribution in [2.75, 3.05) is 79.0 Å². The van der Waals surface area contributed by atoms with Crippen LogP contribution in [-0.2, 0) is 25.5 Å². The maximum atomic E-state index is 11.7. The Balaban J connectivity index is 1.41. The number of carbonyl (C=O) groups is 2. The van der Waals surface area contributed by atoms with Crippen LogP contribution in [0.1, 0.15) is 44.0 Å². The van der Waals surface area contributed by atoms with E-state index in [0.29, 0.717) is 97.0 Å². The fourth-order valence-electron chi connectivity index (χ4n) is 5.00. The van der Waals surface area contributed by atoms with Gasteiger partial charge in [-0.15, -0.1) is 0 Å². The summed E-state index contributed by atoms with van der Waals surface area (Å²) >= 11 is 0. The number of aromatic carboxylic acids is 2. The molecule has 3 aromatic rings. The molecule has 1 aromatic carbocycles. The minimum absolute atomic E-state index is 0.0125. The van der Waals surface area contributed by atoms with E-state index in [4.69, 9.17) is 18.9 Å². The second-order valence-corrected chi connectivity index (χ2v) is 10.5. The van der Waals surface area contributed by atoms with Crippen LogP contribution in [0.15, 0.2) is 65.7 Å². The van der Waals surface area contributed by atoms with Gasteiger partial charge in [0.05, 0.1) is 76.0 Å². The predicted octanol–water partition coefficient (Wildman–Crippen LogP) is 3.18. The third-order valence-corrected chi connectivity index (χ3v) is 7.33. The Morgan fingerprint density at radius 3 is 1.78 bits per heavy atom. The zero-order valence-electron chi connectivity index (χ0n) is 25.8. The van der Waals surface area contributed by atoms with Crippen molar-refractivity contribution in [1.82, 2.24) is 19.8 Å². The quantitative estimate of drug-likeness (QED) is 0.349. The molecule has 0 radical (unpaired) electrons. The Morgan fingerprint density at radius 2 is 1.24 bits per heavy atom. The SMILES string of the molecule is C=Nc1ccc(C(c2cccc(C(=O)O)n2)N2CCOCCOCCN(Cc3cccc(C(=O)O)n3)CCOCCOCC2)cc1.